The minimum Gasteiger partial charge on any atom is -0.466 e. The molecule has 2 nitrogen and oxygen atoms in total. The molecule has 1 fully saturated rings. The summed E-state index contributed by atoms with van der Waals surface area (Å²) >= 11 is 0. The lowest BCUT2D eigenvalue weighted by Crippen LogP contribution is -2.28. The van der Waals surface area contributed by atoms with Gasteiger partial charge in [0.05, 0.1) is 13.0 Å². The second kappa shape index (κ2) is 2.34. The number of hydrogen-bond acceptors (Lipinski definition) is 2. The first-order valence-corrected chi connectivity index (χ1v) is 3.30. The highest BCUT2D eigenvalue weighted by Gasteiger charge is 2.30. The molecule has 0 saturated carbocycles. The highest BCUT2D eigenvalue weighted by molar-refractivity contribution is 5.71. The van der Waals surface area contributed by atoms with E-state index in [4.69, 9.17) is 11.2 Å². The van der Waals surface area contributed by atoms with Crippen molar-refractivity contribution in [2.24, 2.45) is 5.41 Å². The highest BCUT2D eigenvalue weighted by Crippen LogP contribution is 2.28. The van der Waals surface area contributed by atoms with Crippen molar-refractivity contribution in [1.82, 2.24) is 0 Å². The third-order valence-electron chi connectivity index (χ3n) is 1.80. The molecule has 0 radical (unpaired) electrons. The van der Waals surface area contributed by atoms with Crippen LogP contribution < -0.4 is 0 Å². The summed E-state index contributed by atoms with van der Waals surface area (Å²) in [6, 6.07) is 0. The molecule has 54 valence electrons. The Bertz CT molecular complexity index is 190. The molecule has 1 aliphatic heterocycles. The fraction of sp³-hybridized carbons (Fsp3) is 0.625. The number of rotatable bonds is 0. The van der Waals surface area contributed by atoms with Crippen molar-refractivity contribution in [2.75, 3.05) is 6.61 Å². The maximum absolute atomic E-state index is 10.7. The summed E-state index contributed by atoms with van der Waals surface area (Å²) in [5, 5.41) is 0. The number of terminal acetylenes is 1. The van der Waals surface area contributed by atoms with Crippen LogP contribution in [0.25, 0.3) is 0 Å². The van der Waals surface area contributed by atoms with Gasteiger partial charge in [0.25, 0.3) is 0 Å². The van der Waals surface area contributed by atoms with E-state index in [1.165, 1.54) is 0 Å². The summed E-state index contributed by atoms with van der Waals surface area (Å²) in [4.78, 5) is 10.7. The molecule has 2 heteroatoms. The van der Waals surface area contributed by atoms with Crippen LogP contribution in [0.1, 0.15) is 19.8 Å². The van der Waals surface area contributed by atoms with E-state index >= 15 is 0 Å². The molecule has 1 saturated heterocycles. The number of cyclic esters (lactones) is 1. The summed E-state index contributed by atoms with van der Waals surface area (Å²) in [6.45, 7) is 2.38. The predicted octanol–water partition coefficient (Wildman–Crippen LogP) is 0.963. The fourth-order valence-corrected chi connectivity index (χ4v) is 0.971. The van der Waals surface area contributed by atoms with Crippen LogP contribution in [0.2, 0.25) is 0 Å². The van der Waals surface area contributed by atoms with Gasteiger partial charge in [-0.05, 0) is 13.3 Å². The maximum Gasteiger partial charge on any atom is 0.307 e. The predicted molar refractivity (Wildman–Crippen MR) is 37.1 cm³/mol. The number of ether oxygens (including phenoxy) is 1. The molecule has 0 N–H and O–H groups in total. The molecule has 0 aromatic heterocycles. The van der Waals surface area contributed by atoms with Crippen LogP contribution in [0.15, 0.2) is 0 Å². The Morgan fingerprint density at radius 1 is 1.80 bits per heavy atom. The van der Waals surface area contributed by atoms with Gasteiger partial charge in [0.1, 0.15) is 0 Å². The molecule has 1 atom stereocenters. The Balaban J connectivity index is 2.64. The lowest BCUT2D eigenvalue weighted by molar-refractivity contribution is -0.150. The molecule has 1 aliphatic rings. The van der Waals surface area contributed by atoms with Crippen molar-refractivity contribution < 1.29 is 9.53 Å². The Labute approximate surface area is 60.6 Å². The van der Waals surface area contributed by atoms with E-state index < -0.39 is 0 Å². The van der Waals surface area contributed by atoms with E-state index in [0.717, 1.165) is 6.42 Å². The average molecular weight is 138 g/mol. The zero-order valence-electron chi connectivity index (χ0n) is 6.02. The molecular weight excluding hydrogens is 128 g/mol. The van der Waals surface area contributed by atoms with Crippen molar-refractivity contribution >= 4 is 5.97 Å². The molecule has 0 amide bonds. The number of hydrogen-bond donors (Lipinski definition) is 0. The molecular formula is C8H10O2. The van der Waals surface area contributed by atoms with Crippen LogP contribution in [-0.2, 0) is 9.53 Å². The van der Waals surface area contributed by atoms with Gasteiger partial charge in [0.15, 0.2) is 0 Å². The van der Waals surface area contributed by atoms with Gasteiger partial charge >= 0.3 is 5.97 Å². The van der Waals surface area contributed by atoms with Crippen molar-refractivity contribution in [3.63, 3.8) is 0 Å². The van der Waals surface area contributed by atoms with Crippen LogP contribution in [0.5, 0.6) is 0 Å². The first-order valence-electron chi connectivity index (χ1n) is 3.30. The average Bonchev–Trinajstić information content (AvgIpc) is 1.88. The normalized spacial score (nSPS) is 32.6. The first kappa shape index (κ1) is 7.14. The molecule has 0 aromatic rings. The van der Waals surface area contributed by atoms with E-state index in [-0.39, 0.29) is 11.4 Å². The summed E-state index contributed by atoms with van der Waals surface area (Å²) in [5.74, 6) is 2.44. The van der Waals surface area contributed by atoms with Gasteiger partial charge in [-0.2, -0.15) is 0 Å². The summed E-state index contributed by atoms with van der Waals surface area (Å²) in [5.41, 5.74) is -0.255. The number of carbonyl (C=O) groups excluding carboxylic acids is 1. The van der Waals surface area contributed by atoms with Gasteiger partial charge in [-0.3, -0.25) is 4.79 Å². The lowest BCUT2D eigenvalue weighted by Gasteiger charge is -2.26. The standard InChI is InChI=1S/C8H10O2/c1-3-8(2)4-5-10-7(9)6-8/h1H,4-6H2,2H3. The third-order valence-corrected chi connectivity index (χ3v) is 1.80. The van der Waals surface area contributed by atoms with Gasteiger partial charge in [-0.25, -0.2) is 0 Å². The number of esters is 1. The van der Waals surface area contributed by atoms with Crippen LogP contribution in [-0.4, -0.2) is 12.6 Å². The zero-order chi connectivity index (χ0) is 7.61. The number of carbonyl (C=O) groups is 1. The first-order chi connectivity index (χ1) is 4.66. The summed E-state index contributed by atoms with van der Waals surface area (Å²) in [7, 11) is 0. The molecule has 10 heavy (non-hydrogen) atoms. The Morgan fingerprint density at radius 2 is 2.50 bits per heavy atom. The van der Waals surface area contributed by atoms with Crippen LogP contribution in [0.3, 0.4) is 0 Å². The maximum atomic E-state index is 10.7. The largest absolute Gasteiger partial charge is 0.466 e. The van der Waals surface area contributed by atoms with Gasteiger partial charge in [0.2, 0.25) is 0 Å². The Kier molecular flexibility index (Phi) is 1.67. The smallest absolute Gasteiger partial charge is 0.307 e. The fourth-order valence-electron chi connectivity index (χ4n) is 0.971. The molecule has 1 rings (SSSR count). The van der Waals surface area contributed by atoms with Crippen molar-refractivity contribution in [3.8, 4) is 12.3 Å². The molecule has 0 aromatic carbocycles. The topological polar surface area (TPSA) is 26.3 Å². The quantitative estimate of drug-likeness (QED) is 0.368. The second-order valence-corrected chi connectivity index (χ2v) is 2.85. The van der Waals surface area contributed by atoms with Crippen molar-refractivity contribution in [3.05, 3.63) is 0 Å². The van der Waals surface area contributed by atoms with Crippen LogP contribution in [0, 0.1) is 17.8 Å². The van der Waals surface area contributed by atoms with Crippen molar-refractivity contribution in [1.29, 1.82) is 0 Å². The Morgan fingerprint density at radius 3 is 2.90 bits per heavy atom. The van der Waals surface area contributed by atoms with E-state index in [9.17, 15) is 4.79 Å². The molecule has 1 heterocycles. The zero-order valence-corrected chi connectivity index (χ0v) is 6.02. The third kappa shape index (κ3) is 1.30. The van der Waals surface area contributed by atoms with Crippen molar-refractivity contribution in [2.45, 2.75) is 19.8 Å². The minimum atomic E-state index is -0.255. The highest BCUT2D eigenvalue weighted by atomic mass is 16.5. The summed E-state index contributed by atoms with van der Waals surface area (Å²) in [6.07, 6.45) is 6.39. The van der Waals surface area contributed by atoms with E-state index in [0.29, 0.717) is 13.0 Å². The molecule has 0 aliphatic carbocycles. The van der Waals surface area contributed by atoms with E-state index in [1.807, 2.05) is 6.92 Å². The van der Waals surface area contributed by atoms with Gasteiger partial charge in [-0.1, -0.05) is 5.92 Å². The molecule has 0 spiro atoms. The van der Waals surface area contributed by atoms with E-state index in [2.05, 4.69) is 5.92 Å². The lowest BCUT2D eigenvalue weighted by atomic mass is 9.83. The SMILES string of the molecule is C#CC1(C)CCOC(=O)C1. The monoisotopic (exact) mass is 138 g/mol. The molecule has 1 unspecified atom stereocenters. The molecule has 0 bridgehead atoms. The minimum absolute atomic E-state index is 0.174. The van der Waals surface area contributed by atoms with Gasteiger partial charge in [-0.15, -0.1) is 6.42 Å². The van der Waals surface area contributed by atoms with Crippen LogP contribution in [0.4, 0.5) is 0 Å². The Hall–Kier alpha value is -0.970. The van der Waals surface area contributed by atoms with Crippen LogP contribution >= 0.6 is 0 Å². The van der Waals surface area contributed by atoms with E-state index in [1.54, 1.807) is 0 Å². The van der Waals surface area contributed by atoms with Gasteiger partial charge in [0, 0.05) is 5.41 Å². The van der Waals surface area contributed by atoms with Gasteiger partial charge < -0.3 is 4.74 Å². The second-order valence-electron chi connectivity index (χ2n) is 2.85. The summed E-state index contributed by atoms with van der Waals surface area (Å²) < 4.78 is 4.74.